The highest BCUT2D eigenvalue weighted by atomic mass is 32.1. The number of nitrogens with one attached hydrogen (secondary N) is 2. The van der Waals surface area contributed by atoms with E-state index in [4.69, 9.17) is 5.11 Å². The number of likely N-dealkylation sites (N-methyl/N-ethyl adjacent to an activating group) is 1. The quantitative estimate of drug-likeness (QED) is 0.768. The number of likely N-dealkylation sites (tertiary alicyclic amines) is 1. The van der Waals surface area contributed by atoms with Crippen molar-refractivity contribution in [3.05, 3.63) is 16.1 Å². The van der Waals surface area contributed by atoms with Crippen molar-refractivity contribution in [2.24, 2.45) is 0 Å². The number of hydrogen-bond acceptors (Lipinski definition) is 5. The summed E-state index contributed by atoms with van der Waals surface area (Å²) in [6, 6.07) is -0.393. The van der Waals surface area contributed by atoms with Gasteiger partial charge in [0.25, 0.3) is 0 Å². The molecule has 1 aliphatic rings. The maximum Gasteiger partial charge on any atom is 0.355 e. The molecule has 8 heteroatoms. The van der Waals surface area contributed by atoms with Gasteiger partial charge in [-0.2, -0.15) is 0 Å². The minimum absolute atomic E-state index is 0.0106. The third-order valence-corrected chi connectivity index (χ3v) is 4.21. The third-order valence-electron chi connectivity index (χ3n) is 3.19. The maximum absolute atomic E-state index is 11.8. The van der Waals surface area contributed by atoms with E-state index >= 15 is 0 Å². The maximum atomic E-state index is 11.8. The van der Waals surface area contributed by atoms with Crippen LogP contribution in [0.2, 0.25) is 0 Å². The molecule has 0 saturated carbocycles. The van der Waals surface area contributed by atoms with E-state index in [9.17, 15) is 9.59 Å². The molecule has 1 aliphatic heterocycles. The first-order valence-electron chi connectivity index (χ1n) is 6.40. The van der Waals surface area contributed by atoms with Crippen LogP contribution >= 0.6 is 11.3 Å². The van der Waals surface area contributed by atoms with Gasteiger partial charge in [-0.15, -0.1) is 11.3 Å². The van der Waals surface area contributed by atoms with E-state index in [1.807, 2.05) is 7.05 Å². The Hall–Kier alpha value is -1.67. The van der Waals surface area contributed by atoms with Gasteiger partial charge < -0.3 is 20.6 Å². The van der Waals surface area contributed by atoms with E-state index in [-0.39, 0.29) is 23.8 Å². The standard InChI is InChI=1S/C12H18N4O3S/c1-7(10-15-9(6-20-10)11(17)18)13-12(19)14-8-3-4-16(2)5-8/h6-8H,3-5H2,1-2H3,(H,17,18)(H2,13,14,19). The molecular formula is C12H18N4O3S. The van der Waals surface area contributed by atoms with Crippen molar-refractivity contribution in [3.8, 4) is 0 Å². The summed E-state index contributed by atoms with van der Waals surface area (Å²) in [5, 5.41) is 16.6. The molecule has 3 N–H and O–H groups in total. The molecule has 0 bridgehead atoms. The molecule has 1 saturated heterocycles. The number of thiazole rings is 1. The minimum atomic E-state index is -1.06. The van der Waals surface area contributed by atoms with Crippen LogP contribution in [-0.4, -0.2) is 53.2 Å². The Morgan fingerprint density at radius 3 is 2.90 bits per heavy atom. The van der Waals surface area contributed by atoms with Crippen LogP contribution < -0.4 is 10.6 Å². The van der Waals surface area contributed by atoms with Crippen LogP contribution in [0.25, 0.3) is 0 Å². The van der Waals surface area contributed by atoms with Gasteiger partial charge in [0.2, 0.25) is 0 Å². The van der Waals surface area contributed by atoms with Gasteiger partial charge >= 0.3 is 12.0 Å². The van der Waals surface area contributed by atoms with Gasteiger partial charge in [0.1, 0.15) is 5.01 Å². The van der Waals surface area contributed by atoms with Gasteiger partial charge in [0, 0.05) is 18.0 Å². The van der Waals surface area contributed by atoms with Crippen molar-refractivity contribution in [2.75, 3.05) is 20.1 Å². The lowest BCUT2D eigenvalue weighted by molar-refractivity contribution is 0.0691. The number of amides is 2. The predicted molar refractivity (Wildman–Crippen MR) is 75.1 cm³/mol. The summed E-state index contributed by atoms with van der Waals surface area (Å²) in [6.07, 6.45) is 0.943. The Morgan fingerprint density at radius 1 is 1.60 bits per heavy atom. The lowest BCUT2D eigenvalue weighted by atomic mass is 10.3. The van der Waals surface area contributed by atoms with E-state index in [1.165, 1.54) is 16.7 Å². The largest absolute Gasteiger partial charge is 0.476 e. The summed E-state index contributed by atoms with van der Waals surface area (Å²) in [6.45, 7) is 3.61. The first-order valence-corrected chi connectivity index (χ1v) is 7.28. The van der Waals surface area contributed by atoms with Gasteiger partial charge in [-0.3, -0.25) is 0 Å². The second-order valence-electron chi connectivity index (χ2n) is 4.96. The van der Waals surface area contributed by atoms with Crippen LogP contribution in [-0.2, 0) is 0 Å². The second kappa shape index (κ2) is 6.19. The zero-order valence-electron chi connectivity index (χ0n) is 11.4. The Bertz CT molecular complexity index is 505. The van der Waals surface area contributed by atoms with Crippen molar-refractivity contribution in [1.82, 2.24) is 20.5 Å². The lowest BCUT2D eigenvalue weighted by Gasteiger charge is -2.16. The molecule has 2 atom stereocenters. The van der Waals surface area contributed by atoms with E-state index in [1.54, 1.807) is 6.92 Å². The van der Waals surface area contributed by atoms with Crippen LogP contribution in [0, 0.1) is 0 Å². The number of carbonyl (C=O) groups is 2. The van der Waals surface area contributed by atoms with Crippen molar-refractivity contribution < 1.29 is 14.7 Å². The monoisotopic (exact) mass is 298 g/mol. The van der Waals surface area contributed by atoms with Crippen LogP contribution in [0.3, 0.4) is 0 Å². The number of urea groups is 1. The van der Waals surface area contributed by atoms with E-state index in [0.29, 0.717) is 5.01 Å². The third kappa shape index (κ3) is 3.67. The van der Waals surface area contributed by atoms with Gasteiger partial charge in [0.15, 0.2) is 5.69 Å². The molecule has 2 unspecified atom stereocenters. The van der Waals surface area contributed by atoms with Crippen LogP contribution in [0.1, 0.15) is 34.9 Å². The molecule has 0 spiro atoms. The Morgan fingerprint density at radius 2 is 2.35 bits per heavy atom. The summed E-state index contributed by atoms with van der Waals surface area (Å²) in [5.74, 6) is -1.06. The van der Waals surface area contributed by atoms with Crippen molar-refractivity contribution in [1.29, 1.82) is 0 Å². The van der Waals surface area contributed by atoms with Gasteiger partial charge in [-0.25, -0.2) is 14.6 Å². The van der Waals surface area contributed by atoms with E-state index < -0.39 is 5.97 Å². The molecule has 1 aromatic rings. The summed E-state index contributed by atoms with van der Waals surface area (Å²) in [5.41, 5.74) is 0.0106. The van der Waals surface area contributed by atoms with Crippen molar-refractivity contribution >= 4 is 23.3 Å². The molecule has 0 aliphatic carbocycles. The lowest BCUT2D eigenvalue weighted by Crippen LogP contribution is -2.43. The van der Waals surface area contributed by atoms with E-state index in [2.05, 4.69) is 20.5 Å². The summed E-state index contributed by atoms with van der Waals surface area (Å²) < 4.78 is 0. The topological polar surface area (TPSA) is 94.6 Å². The SMILES string of the molecule is CC(NC(=O)NC1CCN(C)C1)c1nc(C(=O)O)cs1. The van der Waals surface area contributed by atoms with Gasteiger partial charge in [0.05, 0.1) is 6.04 Å². The van der Waals surface area contributed by atoms with Crippen LogP contribution in [0.15, 0.2) is 5.38 Å². The summed E-state index contributed by atoms with van der Waals surface area (Å²) >= 11 is 1.23. The Labute approximate surface area is 121 Å². The number of carboxylic acids is 1. The molecule has 0 radical (unpaired) electrons. The van der Waals surface area contributed by atoms with Crippen LogP contribution in [0.5, 0.6) is 0 Å². The van der Waals surface area contributed by atoms with Crippen LogP contribution in [0.4, 0.5) is 4.79 Å². The minimum Gasteiger partial charge on any atom is -0.476 e. The van der Waals surface area contributed by atoms with Crippen molar-refractivity contribution in [3.63, 3.8) is 0 Å². The molecule has 20 heavy (non-hydrogen) atoms. The first-order chi connectivity index (χ1) is 9.45. The highest BCUT2D eigenvalue weighted by molar-refractivity contribution is 7.09. The number of hydrogen-bond donors (Lipinski definition) is 3. The molecule has 2 rings (SSSR count). The van der Waals surface area contributed by atoms with E-state index in [0.717, 1.165) is 19.5 Å². The Balaban J connectivity index is 1.85. The molecule has 2 amide bonds. The molecule has 0 aromatic carbocycles. The molecule has 110 valence electrons. The smallest absolute Gasteiger partial charge is 0.355 e. The fraction of sp³-hybridized carbons (Fsp3) is 0.583. The van der Waals surface area contributed by atoms with Gasteiger partial charge in [-0.1, -0.05) is 0 Å². The Kier molecular flexibility index (Phi) is 4.56. The zero-order valence-corrected chi connectivity index (χ0v) is 12.2. The van der Waals surface area contributed by atoms with Crippen molar-refractivity contribution in [2.45, 2.75) is 25.4 Å². The highest BCUT2D eigenvalue weighted by Gasteiger charge is 2.22. The zero-order chi connectivity index (χ0) is 14.7. The normalized spacial score (nSPS) is 20.6. The molecule has 1 fully saturated rings. The summed E-state index contributed by atoms with van der Waals surface area (Å²) in [7, 11) is 2.02. The molecule has 1 aromatic heterocycles. The number of aromatic carboxylic acids is 1. The first kappa shape index (κ1) is 14.7. The fourth-order valence-electron chi connectivity index (χ4n) is 2.12. The molecule has 2 heterocycles. The average molecular weight is 298 g/mol. The highest BCUT2D eigenvalue weighted by Crippen LogP contribution is 2.18. The second-order valence-corrected chi connectivity index (χ2v) is 5.85. The summed E-state index contributed by atoms with van der Waals surface area (Å²) in [4.78, 5) is 28.7. The molecular weight excluding hydrogens is 280 g/mol. The fourth-order valence-corrected chi connectivity index (χ4v) is 2.92. The van der Waals surface area contributed by atoms with Gasteiger partial charge in [-0.05, 0) is 26.9 Å². The number of rotatable bonds is 4. The molecule has 7 nitrogen and oxygen atoms in total. The number of carbonyl (C=O) groups excluding carboxylic acids is 1. The number of nitrogens with zero attached hydrogens (tertiary/aromatic N) is 2. The average Bonchev–Trinajstić information content (AvgIpc) is 2.98. The number of aromatic nitrogens is 1. The predicted octanol–water partition coefficient (Wildman–Crippen LogP) is 0.906. The number of carboxylic acid groups (broad SMARTS) is 1.